The third-order valence-corrected chi connectivity index (χ3v) is 4.01. The van der Waals surface area contributed by atoms with Gasteiger partial charge in [-0.05, 0) is 43.3 Å². The van der Waals surface area contributed by atoms with Gasteiger partial charge in [-0.25, -0.2) is 4.99 Å². The minimum atomic E-state index is 0.416. The molecule has 0 aliphatic rings. The van der Waals surface area contributed by atoms with Crippen LogP contribution >= 0.6 is 0 Å². The number of nitrogens with zero attached hydrogens (tertiary/aromatic N) is 1. The topological polar surface area (TPSA) is 49.3 Å². The highest BCUT2D eigenvalue weighted by atomic mass is 16.5. The molecule has 3 aromatic rings. The minimum Gasteiger partial charge on any atom is -0.497 e. The van der Waals surface area contributed by atoms with Crippen LogP contribution in [0.4, 0.5) is 5.69 Å². The molecule has 0 radical (unpaired) electrons. The summed E-state index contributed by atoms with van der Waals surface area (Å²) >= 11 is 0. The highest BCUT2D eigenvalue weighted by Gasteiger charge is 2.09. The fourth-order valence-corrected chi connectivity index (χ4v) is 2.51. The molecule has 148 valence electrons. The Bertz CT molecular complexity index is 997. The third kappa shape index (κ3) is 5.62. The van der Waals surface area contributed by atoms with Gasteiger partial charge in [0.25, 0.3) is 0 Å². The lowest BCUT2D eigenvalue weighted by molar-refractivity contribution is 0.377. The zero-order chi connectivity index (χ0) is 20.5. The molecule has 3 rings (SSSR count). The Kier molecular flexibility index (Phi) is 6.90. The molecular formula is C24H23NO4. The molecule has 0 aromatic heterocycles. The first kappa shape index (κ1) is 20.0. The Hall–Kier alpha value is -3.73. The van der Waals surface area contributed by atoms with E-state index in [1.54, 1.807) is 26.5 Å². The normalized spacial score (nSPS) is 11.7. The molecule has 0 fully saturated rings. The molecule has 0 atom stereocenters. The van der Waals surface area contributed by atoms with Crippen molar-refractivity contribution >= 4 is 11.6 Å². The van der Waals surface area contributed by atoms with Crippen LogP contribution in [0.3, 0.4) is 0 Å². The lowest BCUT2D eigenvalue weighted by Gasteiger charge is -2.12. The zero-order valence-corrected chi connectivity index (χ0v) is 16.7. The van der Waals surface area contributed by atoms with Crippen LogP contribution in [0.2, 0.25) is 0 Å². The zero-order valence-electron chi connectivity index (χ0n) is 16.7. The molecule has 0 amide bonds. The van der Waals surface area contributed by atoms with Crippen LogP contribution in [0.1, 0.15) is 6.92 Å². The molecule has 3 aromatic carbocycles. The minimum absolute atomic E-state index is 0.416. The van der Waals surface area contributed by atoms with Crippen molar-refractivity contribution in [2.45, 2.75) is 6.92 Å². The Morgan fingerprint density at radius 1 is 0.759 bits per heavy atom. The maximum absolute atomic E-state index is 6.06. The van der Waals surface area contributed by atoms with Gasteiger partial charge in [0.15, 0.2) is 11.5 Å². The smallest absolute Gasteiger partial charge is 0.225 e. The maximum Gasteiger partial charge on any atom is 0.225 e. The fraction of sp³-hybridized carbons (Fsp3) is 0.125. The molecule has 0 unspecified atom stereocenters. The second-order valence-electron chi connectivity index (χ2n) is 6.10. The number of ether oxygens (including phenoxy) is 4. The maximum atomic E-state index is 6.06. The lowest BCUT2D eigenvalue weighted by Crippen LogP contribution is -2.11. The van der Waals surface area contributed by atoms with E-state index in [1.807, 2.05) is 79.7 Å². The van der Waals surface area contributed by atoms with Crippen molar-refractivity contribution in [3.8, 4) is 23.0 Å². The first-order valence-corrected chi connectivity index (χ1v) is 9.12. The Balaban J connectivity index is 1.90. The summed E-state index contributed by atoms with van der Waals surface area (Å²) in [6.07, 6.45) is 1.60. The van der Waals surface area contributed by atoms with E-state index in [-0.39, 0.29) is 0 Å². The van der Waals surface area contributed by atoms with Gasteiger partial charge < -0.3 is 18.9 Å². The molecule has 0 spiro atoms. The van der Waals surface area contributed by atoms with E-state index >= 15 is 0 Å². The van der Waals surface area contributed by atoms with Gasteiger partial charge in [-0.15, -0.1) is 0 Å². The quantitative estimate of drug-likeness (QED) is 0.291. The van der Waals surface area contributed by atoms with Crippen molar-refractivity contribution in [3.05, 3.63) is 90.7 Å². The van der Waals surface area contributed by atoms with Crippen molar-refractivity contribution in [3.63, 3.8) is 0 Å². The summed E-state index contributed by atoms with van der Waals surface area (Å²) < 4.78 is 22.5. The molecular weight excluding hydrogens is 366 g/mol. The molecule has 0 N–H and O–H groups in total. The van der Waals surface area contributed by atoms with Crippen LogP contribution in [-0.2, 0) is 0 Å². The standard InChI is InChI=1S/C24H23NO4/c1-18(17-28-23-15-8-7-14-22(23)27-3)24(25-19-10-5-4-6-11-19)29-21-13-9-12-20(16-21)26-2/h4-17H,1-3H3/b18-17+,25-24?. The molecule has 0 saturated carbocycles. The number of benzene rings is 3. The molecule has 0 saturated heterocycles. The number of hydrogen-bond donors (Lipinski definition) is 0. The van der Waals surface area contributed by atoms with Crippen LogP contribution in [0.15, 0.2) is 95.7 Å². The Labute approximate surface area is 170 Å². The van der Waals surface area contributed by atoms with Gasteiger partial charge in [0, 0.05) is 11.6 Å². The summed E-state index contributed by atoms with van der Waals surface area (Å²) in [5, 5.41) is 0. The summed E-state index contributed by atoms with van der Waals surface area (Å²) in [6, 6.07) is 24.4. The number of rotatable bonds is 7. The fourth-order valence-electron chi connectivity index (χ4n) is 2.51. The predicted octanol–water partition coefficient (Wildman–Crippen LogP) is 5.80. The van der Waals surface area contributed by atoms with Crippen molar-refractivity contribution < 1.29 is 18.9 Å². The number of aliphatic imine (C=N–C) groups is 1. The average molecular weight is 389 g/mol. The SMILES string of the molecule is COc1cccc(OC(=Nc2ccccc2)/C(C)=C/Oc2ccccc2OC)c1. The predicted molar refractivity (Wildman–Crippen MR) is 115 cm³/mol. The van der Waals surface area contributed by atoms with Crippen LogP contribution in [-0.4, -0.2) is 20.1 Å². The molecule has 29 heavy (non-hydrogen) atoms. The van der Waals surface area contributed by atoms with Gasteiger partial charge in [0.2, 0.25) is 5.90 Å². The van der Waals surface area contributed by atoms with E-state index < -0.39 is 0 Å². The molecule has 0 aliphatic carbocycles. The van der Waals surface area contributed by atoms with Crippen molar-refractivity contribution in [2.24, 2.45) is 4.99 Å². The number of para-hydroxylation sites is 3. The van der Waals surface area contributed by atoms with E-state index in [1.165, 1.54) is 0 Å². The summed E-state index contributed by atoms with van der Waals surface area (Å²) in [5.41, 5.74) is 1.48. The van der Waals surface area contributed by atoms with E-state index in [2.05, 4.69) is 4.99 Å². The number of methoxy groups -OCH3 is 2. The van der Waals surface area contributed by atoms with E-state index in [9.17, 15) is 0 Å². The van der Waals surface area contributed by atoms with Crippen molar-refractivity contribution in [1.82, 2.24) is 0 Å². The number of hydrogen-bond acceptors (Lipinski definition) is 5. The van der Waals surface area contributed by atoms with E-state index in [0.717, 1.165) is 5.69 Å². The molecule has 5 nitrogen and oxygen atoms in total. The summed E-state index contributed by atoms with van der Waals surface area (Å²) in [4.78, 5) is 4.64. The summed E-state index contributed by atoms with van der Waals surface area (Å²) in [5.74, 6) is 2.98. The third-order valence-electron chi connectivity index (χ3n) is 4.01. The van der Waals surface area contributed by atoms with E-state index in [0.29, 0.717) is 34.5 Å². The van der Waals surface area contributed by atoms with Gasteiger partial charge in [0.1, 0.15) is 11.5 Å². The summed E-state index contributed by atoms with van der Waals surface area (Å²) in [6.45, 7) is 1.87. The summed E-state index contributed by atoms with van der Waals surface area (Å²) in [7, 11) is 3.22. The Morgan fingerprint density at radius 2 is 1.45 bits per heavy atom. The van der Waals surface area contributed by atoms with Crippen molar-refractivity contribution in [1.29, 1.82) is 0 Å². The van der Waals surface area contributed by atoms with Crippen LogP contribution in [0.25, 0.3) is 0 Å². The molecule has 5 heteroatoms. The lowest BCUT2D eigenvalue weighted by atomic mass is 10.3. The highest BCUT2D eigenvalue weighted by molar-refractivity contribution is 5.96. The van der Waals surface area contributed by atoms with E-state index in [4.69, 9.17) is 18.9 Å². The Morgan fingerprint density at radius 3 is 2.17 bits per heavy atom. The molecule has 0 aliphatic heterocycles. The van der Waals surface area contributed by atoms with Crippen LogP contribution < -0.4 is 18.9 Å². The second-order valence-corrected chi connectivity index (χ2v) is 6.10. The van der Waals surface area contributed by atoms with Gasteiger partial charge in [-0.3, -0.25) is 0 Å². The van der Waals surface area contributed by atoms with Gasteiger partial charge in [0.05, 0.1) is 26.2 Å². The monoisotopic (exact) mass is 389 g/mol. The van der Waals surface area contributed by atoms with Gasteiger partial charge in [-0.1, -0.05) is 36.4 Å². The van der Waals surface area contributed by atoms with Crippen LogP contribution in [0.5, 0.6) is 23.0 Å². The van der Waals surface area contributed by atoms with Crippen LogP contribution in [0, 0.1) is 0 Å². The largest absolute Gasteiger partial charge is 0.497 e. The molecule has 0 bridgehead atoms. The highest BCUT2D eigenvalue weighted by Crippen LogP contribution is 2.27. The average Bonchev–Trinajstić information content (AvgIpc) is 2.78. The van der Waals surface area contributed by atoms with Gasteiger partial charge in [-0.2, -0.15) is 0 Å². The van der Waals surface area contributed by atoms with Gasteiger partial charge >= 0.3 is 0 Å². The molecule has 0 heterocycles. The second kappa shape index (κ2) is 9.99. The first-order valence-electron chi connectivity index (χ1n) is 9.12. The van der Waals surface area contributed by atoms with Crippen molar-refractivity contribution in [2.75, 3.05) is 14.2 Å². The first-order chi connectivity index (χ1) is 14.2.